The number of thiocarbonyl (C=S) groups is 1. The zero-order chi connectivity index (χ0) is 24.1. The zero-order valence-corrected chi connectivity index (χ0v) is 19.5. The van der Waals surface area contributed by atoms with Crippen molar-refractivity contribution in [2.24, 2.45) is 0 Å². The van der Waals surface area contributed by atoms with Crippen LogP contribution in [0.25, 0.3) is 0 Å². The minimum Gasteiger partial charge on any atom is -0.480 e. The van der Waals surface area contributed by atoms with Gasteiger partial charge in [-0.1, -0.05) is 12.1 Å². The summed E-state index contributed by atoms with van der Waals surface area (Å²) in [5.41, 5.74) is 1.88. The van der Waals surface area contributed by atoms with Crippen molar-refractivity contribution in [3.8, 4) is 0 Å². The molecule has 0 saturated carbocycles. The minimum absolute atomic E-state index is 0.0909. The second kappa shape index (κ2) is 14.4. The molecule has 182 valence electrons. The Bertz CT molecular complexity index is 781. The summed E-state index contributed by atoms with van der Waals surface area (Å²) in [6.45, 7) is 3.52. The van der Waals surface area contributed by atoms with Crippen molar-refractivity contribution in [2.45, 2.75) is 12.5 Å². The van der Waals surface area contributed by atoms with Crippen LogP contribution in [0, 0.1) is 0 Å². The van der Waals surface area contributed by atoms with Crippen LogP contribution in [-0.2, 0) is 30.3 Å². The van der Waals surface area contributed by atoms with Gasteiger partial charge in [-0.3, -0.25) is 29.1 Å². The number of carbonyl (C=O) groups excluding carboxylic acids is 2. The molecule has 0 amide bonds. The molecular weight excluding hydrogens is 450 g/mol. The lowest BCUT2D eigenvalue weighted by molar-refractivity contribution is -0.139. The highest BCUT2D eigenvalue weighted by molar-refractivity contribution is 7.80. The third-order valence-corrected chi connectivity index (χ3v) is 5.63. The van der Waals surface area contributed by atoms with Crippen LogP contribution in [0.5, 0.6) is 0 Å². The Labute approximate surface area is 198 Å². The lowest BCUT2D eigenvalue weighted by Gasteiger charge is -2.33. The first kappa shape index (κ1) is 26.5. The molecule has 1 atom stereocenters. The predicted molar refractivity (Wildman–Crippen MR) is 126 cm³/mol. The van der Waals surface area contributed by atoms with Gasteiger partial charge in [-0.15, -0.1) is 0 Å². The number of hydrogen-bond donors (Lipinski definition) is 3. The highest BCUT2D eigenvalue weighted by Gasteiger charge is 2.27. The van der Waals surface area contributed by atoms with Crippen LogP contribution in [0.3, 0.4) is 0 Å². The van der Waals surface area contributed by atoms with E-state index in [0.717, 1.165) is 11.3 Å². The monoisotopic (exact) mass is 481 g/mol. The van der Waals surface area contributed by atoms with Crippen LogP contribution in [0.2, 0.25) is 0 Å². The van der Waals surface area contributed by atoms with Crippen LogP contribution in [-0.4, -0.2) is 110 Å². The number of rotatable bonds is 11. The van der Waals surface area contributed by atoms with E-state index in [9.17, 15) is 19.5 Å². The maximum absolute atomic E-state index is 11.6. The average Bonchev–Trinajstić information content (AvgIpc) is 2.87. The Morgan fingerprint density at radius 2 is 1.70 bits per heavy atom. The molecule has 1 unspecified atom stereocenters. The molecule has 1 aromatic carbocycles. The Morgan fingerprint density at radius 3 is 2.30 bits per heavy atom. The molecule has 3 N–H and O–H groups in total. The molecule has 1 fully saturated rings. The lowest BCUT2D eigenvalue weighted by Crippen LogP contribution is -2.48. The van der Waals surface area contributed by atoms with E-state index in [1.54, 1.807) is 7.05 Å². The van der Waals surface area contributed by atoms with Gasteiger partial charge in [0.1, 0.15) is 13.5 Å². The van der Waals surface area contributed by atoms with Crippen LogP contribution in [0.15, 0.2) is 24.3 Å². The zero-order valence-electron chi connectivity index (χ0n) is 18.6. The summed E-state index contributed by atoms with van der Waals surface area (Å²) in [7, 11) is 1.74. The molecule has 12 heteroatoms. The standard InChI is InChI=1S/C21H31N5O6S/c1-22-21(33)23-18-4-2-17(3-5-18)10-19-11-25(14-32-16-28)7-6-24(13-31-15-27)8-9-26(19)12-20(29)30/h2-5,15-16,19H,6-14H2,1H3,(H,29,30)(H2,22,23,33). The first-order chi connectivity index (χ1) is 15.9. The van der Waals surface area contributed by atoms with Gasteiger partial charge in [-0.25, -0.2) is 0 Å². The van der Waals surface area contributed by atoms with E-state index in [-0.39, 0.29) is 26.0 Å². The van der Waals surface area contributed by atoms with Gasteiger partial charge in [-0.2, -0.15) is 0 Å². The summed E-state index contributed by atoms with van der Waals surface area (Å²) < 4.78 is 9.88. The Morgan fingerprint density at radius 1 is 1.09 bits per heavy atom. The van der Waals surface area contributed by atoms with Crippen molar-refractivity contribution >= 4 is 41.9 Å². The quantitative estimate of drug-likeness (QED) is 0.286. The third-order valence-electron chi connectivity index (χ3n) is 5.32. The summed E-state index contributed by atoms with van der Waals surface area (Å²) in [6, 6.07) is 7.65. The molecule has 0 radical (unpaired) electrons. The maximum atomic E-state index is 11.6. The highest BCUT2D eigenvalue weighted by atomic mass is 32.1. The fourth-order valence-electron chi connectivity index (χ4n) is 3.64. The number of carboxylic acids is 1. The molecule has 0 bridgehead atoms. The fraction of sp³-hybridized carbons (Fsp3) is 0.524. The largest absolute Gasteiger partial charge is 0.480 e. The molecule has 1 aliphatic rings. The second-order valence-electron chi connectivity index (χ2n) is 7.60. The summed E-state index contributed by atoms with van der Waals surface area (Å²) in [5, 5.41) is 15.9. The molecule has 33 heavy (non-hydrogen) atoms. The molecule has 1 saturated heterocycles. The number of ether oxygens (including phenoxy) is 2. The van der Waals surface area contributed by atoms with Gasteiger partial charge in [-0.05, 0) is 36.3 Å². The summed E-state index contributed by atoms with van der Waals surface area (Å²) in [5.74, 6) is -0.925. The third kappa shape index (κ3) is 9.70. The van der Waals surface area contributed by atoms with Crippen molar-refractivity contribution in [1.82, 2.24) is 20.0 Å². The van der Waals surface area contributed by atoms with E-state index >= 15 is 0 Å². The molecule has 0 aliphatic carbocycles. The molecule has 11 nitrogen and oxygen atoms in total. The number of carboxylic acid groups (broad SMARTS) is 1. The van der Waals surface area contributed by atoms with Gasteiger partial charge in [0, 0.05) is 51.5 Å². The topological polar surface area (TPSA) is 124 Å². The van der Waals surface area contributed by atoms with E-state index in [1.165, 1.54) is 0 Å². The number of nitrogens with one attached hydrogen (secondary N) is 2. The molecule has 1 aliphatic heterocycles. The molecule has 1 aromatic rings. The minimum atomic E-state index is -0.925. The summed E-state index contributed by atoms with van der Waals surface area (Å²) in [6.07, 6.45) is 0.604. The van der Waals surface area contributed by atoms with Crippen molar-refractivity contribution in [3.63, 3.8) is 0 Å². The Kier molecular flexibility index (Phi) is 11.5. The van der Waals surface area contributed by atoms with Gasteiger partial charge >= 0.3 is 5.97 Å². The van der Waals surface area contributed by atoms with Gasteiger partial charge in [0.15, 0.2) is 5.11 Å². The molecule has 1 heterocycles. The maximum Gasteiger partial charge on any atom is 0.317 e. The summed E-state index contributed by atoms with van der Waals surface area (Å²) in [4.78, 5) is 38.8. The van der Waals surface area contributed by atoms with Crippen LogP contribution in [0.1, 0.15) is 5.56 Å². The van der Waals surface area contributed by atoms with Crippen molar-refractivity contribution in [3.05, 3.63) is 29.8 Å². The van der Waals surface area contributed by atoms with E-state index in [2.05, 4.69) is 10.6 Å². The number of hydrogen-bond acceptors (Lipinski definition) is 9. The predicted octanol–water partition coefficient (Wildman–Crippen LogP) is -0.221. The normalized spacial score (nSPS) is 18.3. The van der Waals surface area contributed by atoms with Crippen molar-refractivity contribution in [2.75, 3.05) is 65.1 Å². The van der Waals surface area contributed by atoms with Gasteiger partial charge < -0.3 is 25.2 Å². The SMILES string of the molecule is CNC(=S)Nc1ccc(CC2CN(COC=O)CCN(COC=O)CCN2CC(=O)O)cc1. The molecule has 2 rings (SSSR count). The van der Waals surface area contributed by atoms with Crippen molar-refractivity contribution in [1.29, 1.82) is 0 Å². The number of aliphatic carboxylic acids is 1. The first-order valence-electron chi connectivity index (χ1n) is 10.5. The van der Waals surface area contributed by atoms with E-state index < -0.39 is 5.97 Å². The number of carbonyl (C=O) groups is 3. The van der Waals surface area contributed by atoms with Crippen LogP contribution in [0.4, 0.5) is 5.69 Å². The second-order valence-corrected chi connectivity index (χ2v) is 8.01. The van der Waals surface area contributed by atoms with Crippen LogP contribution < -0.4 is 10.6 Å². The average molecular weight is 482 g/mol. The Hall–Kier alpha value is -2.80. The van der Waals surface area contributed by atoms with Gasteiger partial charge in [0.2, 0.25) is 0 Å². The number of benzene rings is 1. The van der Waals surface area contributed by atoms with Crippen LogP contribution >= 0.6 is 12.2 Å². The number of nitrogens with zero attached hydrogens (tertiary/aromatic N) is 3. The summed E-state index contributed by atoms with van der Waals surface area (Å²) >= 11 is 5.12. The fourth-order valence-corrected chi connectivity index (χ4v) is 3.75. The van der Waals surface area contributed by atoms with E-state index in [1.807, 2.05) is 39.0 Å². The molecule has 0 aromatic heterocycles. The van der Waals surface area contributed by atoms with Gasteiger partial charge in [0.05, 0.1) is 6.54 Å². The molecular formula is C21H31N5O6S. The van der Waals surface area contributed by atoms with Gasteiger partial charge in [0.25, 0.3) is 12.9 Å². The van der Waals surface area contributed by atoms with E-state index in [0.29, 0.717) is 57.2 Å². The lowest BCUT2D eigenvalue weighted by atomic mass is 10.0. The van der Waals surface area contributed by atoms with E-state index in [4.69, 9.17) is 21.7 Å². The highest BCUT2D eigenvalue weighted by Crippen LogP contribution is 2.16. The Balaban J connectivity index is 2.20. The smallest absolute Gasteiger partial charge is 0.317 e. The molecule has 0 spiro atoms. The van der Waals surface area contributed by atoms with Crippen molar-refractivity contribution < 1.29 is 29.0 Å². The number of anilines is 1. The first-order valence-corrected chi connectivity index (χ1v) is 10.9.